The van der Waals surface area contributed by atoms with Gasteiger partial charge in [-0.2, -0.15) is 0 Å². The first kappa shape index (κ1) is 17.4. The molecule has 6 heteroatoms. The van der Waals surface area contributed by atoms with Crippen LogP contribution >= 0.6 is 0 Å². The molecule has 0 spiro atoms. The van der Waals surface area contributed by atoms with E-state index in [-0.39, 0.29) is 11.6 Å². The van der Waals surface area contributed by atoms with Crippen LogP contribution in [-0.4, -0.2) is 23.0 Å². The molecular formula is C20H20N4O2. The number of nitrogens with one attached hydrogen (secondary N) is 2. The Kier molecular flexibility index (Phi) is 5.12. The number of aromatic nitrogens is 2. The second kappa shape index (κ2) is 7.65. The largest absolute Gasteiger partial charge is 0.495 e. The standard InChI is InChI=1S/C20H20N4O2/c1-13-8-14(2)10-15(9-13)23-19-11-17(21-12-22-19)20(25)24-16-6-4-5-7-18(16)26-3/h4-12H,1-3H3,(H,24,25)(H,21,22,23). The Morgan fingerprint density at radius 3 is 2.46 bits per heavy atom. The number of para-hydroxylation sites is 2. The topological polar surface area (TPSA) is 76.1 Å². The average molecular weight is 348 g/mol. The molecular weight excluding hydrogens is 328 g/mol. The van der Waals surface area contributed by atoms with Gasteiger partial charge in [0.15, 0.2) is 0 Å². The van der Waals surface area contributed by atoms with E-state index in [9.17, 15) is 4.79 Å². The van der Waals surface area contributed by atoms with Crippen LogP contribution in [0.1, 0.15) is 21.6 Å². The number of methoxy groups -OCH3 is 1. The number of carbonyl (C=O) groups excluding carboxylic acids is 1. The summed E-state index contributed by atoms with van der Waals surface area (Å²) >= 11 is 0. The van der Waals surface area contributed by atoms with Gasteiger partial charge in [0.05, 0.1) is 12.8 Å². The van der Waals surface area contributed by atoms with E-state index < -0.39 is 0 Å². The van der Waals surface area contributed by atoms with Gasteiger partial charge in [0.25, 0.3) is 5.91 Å². The van der Waals surface area contributed by atoms with Crippen LogP contribution in [0, 0.1) is 13.8 Å². The zero-order chi connectivity index (χ0) is 18.5. The van der Waals surface area contributed by atoms with E-state index >= 15 is 0 Å². The summed E-state index contributed by atoms with van der Waals surface area (Å²) in [6.45, 7) is 4.06. The Bertz CT molecular complexity index is 920. The number of anilines is 3. The van der Waals surface area contributed by atoms with Crippen LogP contribution in [0.25, 0.3) is 0 Å². The summed E-state index contributed by atoms with van der Waals surface area (Å²) in [6.07, 6.45) is 1.36. The van der Waals surface area contributed by atoms with E-state index in [4.69, 9.17) is 4.74 Å². The fourth-order valence-corrected chi connectivity index (χ4v) is 2.68. The van der Waals surface area contributed by atoms with Crippen LogP contribution in [0.3, 0.4) is 0 Å². The van der Waals surface area contributed by atoms with Crippen molar-refractivity contribution in [2.24, 2.45) is 0 Å². The molecule has 2 N–H and O–H groups in total. The Hall–Kier alpha value is -3.41. The van der Waals surface area contributed by atoms with Crippen LogP contribution in [0.15, 0.2) is 54.9 Å². The maximum Gasteiger partial charge on any atom is 0.274 e. The molecule has 0 unspecified atom stereocenters. The number of amides is 1. The van der Waals surface area contributed by atoms with Gasteiger partial charge >= 0.3 is 0 Å². The molecule has 132 valence electrons. The van der Waals surface area contributed by atoms with Gasteiger partial charge in [-0.1, -0.05) is 18.2 Å². The number of aryl methyl sites for hydroxylation is 2. The molecule has 0 fully saturated rings. The number of hydrogen-bond acceptors (Lipinski definition) is 5. The van der Waals surface area contributed by atoms with Crippen LogP contribution in [0.2, 0.25) is 0 Å². The number of carbonyl (C=O) groups is 1. The molecule has 1 amide bonds. The Morgan fingerprint density at radius 2 is 1.73 bits per heavy atom. The zero-order valence-electron chi connectivity index (χ0n) is 14.9. The lowest BCUT2D eigenvalue weighted by Gasteiger charge is -2.11. The van der Waals surface area contributed by atoms with Gasteiger partial charge in [-0.05, 0) is 49.2 Å². The van der Waals surface area contributed by atoms with Crippen molar-refractivity contribution >= 4 is 23.1 Å². The first-order chi connectivity index (χ1) is 12.5. The van der Waals surface area contributed by atoms with Gasteiger partial charge in [-0.3, -0.25) is 4.79 Å². The number of ether oxygens (including phenoxy) is 1. The maximum absolute atomic E-state index is 12.5. The minimum absolute atomic E-state index is 0.262. The monoisotopic (exact) mass is 348 g/mol. The van der Waals surface area contributed by atoms with E-state index in [1.54, 1.807) is 25.3 Å². The van der Waals surface area contributed by atoms with Gasteiger partial charge in [0.2, 0.25) is 0 Å². The Balaban J connectivity index is 1.79. The zero-order valence-corrected chi connectivity index (χ0v) is 14.9. The van der Waals surface area contributed by atoms with Gasteiger partial charge < -0.3 is 15.4 Å². The van der Waals surface area contributed by atoms with Gasteiger partial charge in [0, 0.05) is 11.8 Å². The van der Waals surface area contributed by atoms with Crippen molar-refractivity contribution in [2.75, 3.05) is 17.7 Å². The number of hydrogen-bond donors (Lipinski definition) is 2. The third kappa shape index (κ3) is 4.16. The van der Waals surface area contributed by atoms with Crippen molar-refractivity contribution in [1.82, 2.24) is 9.97 Å². The van der Waals surface area contributed by atoms with E-state index in [1.165, 1.54) is 6.33 Å². The molecule has 26 heavy (non-hydrogen) atoms. The number of nitrogens with zero attached hydrogens (tertiary/aromatic N) is 2. The average Bonchev–Trinajstić information content (AvgIpc) is 2.61. The smallest absolute Gasteiger partial charge is 0.274 e. The first-order valence-corrected chi connectivity index (χ1v) is 8.17. The Labute approximate surface area is 152 Å². The second-order valence-corrected chi connectivity index (χ2v) is 5.94. The van der Waals surface area contributed by atoms with Gasteiger partial charge in [-0.25, -0.2) is 9.97 Å². The third-order valence-electron chi connectivity index (χ3n) is 3.75. The SMILES string of the molecule is COc1ccccc1NC(=O)c1cc(Nc2cc(C)cc(C)c2)ncn1. The lowest BCUT2D eigenvalue weighted by Crippen LogP contribution is -2.15. The van der Waals surface area contributed by atoms with Crippen LogP contribution < -0.4 is 15.4 Å². The molecule has 0 saturated carbocycles. The normalized spacial score (nSPS) is 10.3. The summed E-state index contributed by atoms with van der Waals surface area (Å²) in [5.74, 6) is 0.805. The number of rotatable bonds is 5. The summed E-state index contributed by atoms with van der Waals surface area (Å²) in [7, 11) is 1.56. The van der Waals surface area contributed by atoms with E-state index in [0.29, 0.717) is 17.3 Å². The minimum atomic E-state index is -0.333. The molecule has 2 aromatic carbocycles. The summed E-state index contributed by atoms with van der Waals surface area (Å²) in [5, 5.41) is 6.02. The molecule has 0 radical (unpaired) electrons. The van der Waals surface area contributed by atoms with Crippen molar-refractivity contribution < 1.29 is 9.53 Å². The highest BCUT2D eigenvalue weighted by Gasteiger charge is 2.12. The summed E-state index contributed by atoms with van der Waals surface area (Å²) in [6, 6.07) is 15.0. The summed E-state index contributed by atoms with van der Waals surface area (Å²) in [5.41, 5.74) is 4.06. The van der Waals surface area contributed by atoms with Crippen molar-refractivity contribution in [3.05, 3.63) is 71.7 Å². The van der Waals surface area contributed by atoms with Crippen molar-refractivity contribution in [2.45, 2.75) is 13.8 Å². The van der Waals surface area contributed by atoms with Crippen molar-refractivity contribution in [3.8, 4) is 5.75 Å². The molecule has 3 aromatic rings. The lowest BCUT2D eigenvalue weighted by molar-refractivity contribution is 0.102. The molecule has 1 aromatic heterocycles. The fourth-order valence-electron chi connectivity index (χ4n) is 2.68. The molecule has 0 aliphatic rings. The summed E-state index contributed by atoms with van der Waals surface area (Å²) in [4.78, 5) is 20.8. The highest BCUT2D eigenvalue weighted by molar-refractivity contribution is 6.04. The molecule has 0 saturated heterocycles. The van der Waals surface area contributed by atoms with Crippen LogP contribution in [-0.2, 0) is 0 Å². The molecule has 6 nitrogen and oxygen atoms in total. The molecule has 1 heterocycles. The molecule has 3 rings (SSSR count). The van der Waals surface area contributed by atoms with Crippen LogP contribution in [0.4, 0.5) is 17.2 Å². The fraction of sp³-hybridized carbons (Fsp3) is 0.150. The maximum atomic E-state index is 12.5. The molecule has 0 atom stereocenters. The van der Waals surface area contributed by atoms with Crippen molar-refractivity contribution in [3.63, 3.8) is 0 Å². The first-order valence-electron chi connectivity index (χ1n) is 8.17. The predicted octanol–water partition coefficient (Wildman–Crippen LogP) is 4.10. The molecule has 0 bridgehead atoms. The highest BCUT2D eigenvalue weighted by Crippen LogP contribution is 2.24. The third-order valence-corrected chi connectivity index (χ3v) is 3.75. The van der Waals surface area contributed by atoms with E-state index in [1.807, 2.05) is 38.1 Å². The van der Waals surface area contributed by atoms with Crippen molar-refractivity contribution in [1.29, 1.82) is 0 Å². The van der Waals surface area contributed by atoms with Crippen LogP contribution in [0.5, 0.6) is 5.75 Å². The predicted molar refractivity (Wildman–Crippen MR) is 102 cm³/mol. The van der Waals surface area contributed by atoms with E-state index in [2.05, 4.69) is 26.7 Å². The molecule has 0 aliphatic carbocycles. The molecule has 0 aliphatic heterocycles. The van der Waals surface area contributed by atoms with Gasteiger partial charge in [-0.15, -0.1) is 0 Å². The number of benzene rings is 2. The van der Waals surface area contributed by atoms with E-state index in [0.717, 1.165) is 16.8 Å². The quantitative estimate of drug-likeness (QED) is 0.726. The lowest BCUT2D eigenvalue weighted by atomic mass is 10.1. The second-order valence-electron chi connectivity index (χ2n) is 5.94. The highest BCUT2D eigenvalue weighted by atomic mass is 16.5. The summed E-state index contributed by atoms with van der Waals surface area (Å²) < 4.78 is 5.25. The minimum Gasteiger partial charge on any atom is -0.495 e. The Morgan fingerprint density at radius 1 is 1.00 bits per heavy atom. The van der Waals surface area contributed by atoms with Gasteiger partial charge in [0.1, 0.15) is 23.6 Å².